The Bertz CT molecular complexity index is 396. The van der Waals surface area contributed by atoms with Crippen molar-refractivity contribution >= 4 is 5.78 Å². The van der Waals surface area contributed by atoms with Crippen molar-refractivity contribution in [2.75, 3.05) is 13.2 Å². The van der Waals surface area contributed by atoms with E-state index in [0.29, 0.717) is 38.9 Å². The molecule has 1 N–H and O–H groups in total. The van der Waals surface area contributed by atoms with E-state index in [9.17, 15) is 9.90 Å². The largest absolute Gasteiger partial charge is 0.389 e. The summed E-state index contributed by atoms with van der Waals surface area (Å²) in [5.41, 5.74) is 0.258. The molecule has 1 atom stereocenters. The molecular formula is C15H22O4. The molecule has 0 amide bonds. The van der Waals surface area contributed by atoms with Gasteiger partial charge in [-0.3, -0.25) is 4.79 Å². The van der Waals surface area contributed by atoms with Crippen molar-refractivity contribution in [1.82, 2.24) is 0 Å². The fourth-order valence-corrected chi connectivity index (χ4v) is 3.66. The summed E-state index contributed by atoms with van der Waals surface area (Å²) >= 11 is 0. The predicted octanol–water partition coefficient (Wildman–Crippen LogP) is 1.96. The van der Waals surface area contributed by atoms with E-state index in [2.05, 4.69) is 0 Å². The molecule has 1 heterocycles. The number of ether oxygens (including phenoxy) is 2. The van der Waals surface area contributed by atoms with E-state index in [1.54, 1.807) is 6.08 Å². The van der Waals surface area contributed by atoms with Gasteiger partial charge in [0.2, 0.25) is 0 Å². The molecule has 4 nitrogen and oxygen atoms in total. The average Bonchev–Trinajstić information content (AvgIpc) is 2.82. The highest BCUT2D eigenvalue weighted by atomic mass is 16.7. The summed E-state index contributed by atoms with van der Waals surface area (Å²) in [6, 6.07) is 0. The zero-order valence-corrected chi connectivity index (χ0v) is 11.5. The minimum atomic E-state index is -0.866. The molecule has 1 unspecified atom stereocenters. The maximum atomic E-state index is 12.1. The second-order valence-corrected chi connectivity index (χ2v) is 6.20. The van der Waals surface area contributed by atoms with Crippen LogP contribution in [0.1, 0.15) is 45.4 Å². The number of carbonyl (C=O) groups excluding carboxylic acids is 1. The van der Waals surface area contributed by atoms with Gasteiger partial charge in [-0.1, -0.05) is 5.57 Å². The molecule has 0 aromatic rings. The summed E-state index contributed by atoms with van der Waals surface area (Å²) in [7, 11) is 0. The van der Waals surface area contributed by atoms with Gasteiger partial charge in [-0.25, -0.2) is 0 Å². The number of carbonyl (C=O) groups is 1. The molecule has 0 aromatic heterocycles. The second-order valence-electron chi connectivity index (χ2n) is 6.20. The van der Waals surface area contributed by atoms with E-state index < -0.39 is 11.4 Å². The monoisotopic (exact) mass is 266 g/mol. The Morgan fingerprint density at radius 3 is 2.42 bits per heavy atom. The molecule has 1 aliphatic heterocycles. The number of allylic oxidation sites excluding steroid dienone is 2. The van der Waals surface area contributed by atoms with Gasteiger partial charge in [0.1, 0.15) is 0 Å². The third-order valence-electron chi connectivity index (χ3n) is 4.90. The van der Waals surface area contributed by atoms with Gasteiger partial charge in [-0.2, -0.15) is 0 Å². The maximum absolute atomic E-state index is 12.1. The van der Waals surface area contributed by atoms with Crippen LogP contribution in [0.4, 0.5) is 0 Å². The summed E-state index contributed by atoms with van der Waals surface area (Å²) < 4.78 is 11.4. The van der Waals surface area contributed by atoms with Gasteiger partial charge in [0.05, 0.1) is 24.7 Å². The topological polar surface area (TPSA) is 55.8 Å². The molecule has 1 spiro atoms. The van der Waals surface area contributed by atoms with Crippen molar-refractivity contribution in [3.63, 3.8) is 0 Å². The highest BCUT2D eigenvalue weighted by Crippen LogP contribution is 2.45. The third-order valence-corrected chi connectivity index (χ3v) is 4.90. The zero-order valence-electron chi connectivity index (χ0n) is 11.5. The van der Waals surface area contributed by atoms with Crippen LogP contribution in [-0.2, 0) is 14.3 Å². The molecule has 106 valence electrons. The lowest BCUT2D eigenvalue weighted by molar-refractivity contribution is -0.210. The van der Waals surface area contributed by atoms with Crippen molar-refractivity contribution in [1.29, 1.82) is 0 Å². The Kier molecular flexibility index (Phi) is 3.28. The Balaban J connectivity index is 1.70. The van der Waals surface area contributed by atoms with Gasteiger partial charge < -0.3 is 14.6 Å². The Hall–Kier alpha value is -0.710. The molecule has 1 saturated heterocycles. The molecule has 1 saturated carbocycles. The van der Waals surface area contributed by atoms with Gasteiger partial charge in [0.25, 0.3) is 0 Å². The van der Waals surface area contributed by atoms with Gasteiger partial charge in [0.15, 0.2) is 11.6 Å². The third kappa shape index (κ3) is 2.37. The van der Waals surface area contributed by atoms with Gasteiger partial charge >= 0.3 is 0 Å². The van der Waals surface area contributed by atoms with E-state index in [4.69, 9.17) is 9.47 Å². The van der Waals surface area contributed by atoms with Crippen LogP contribution in [0.3, 0.4) is 0 Å². The van der Waals surface area contributed by atoms with Crippen LogP contribution in [0.25, 0.3) is 0 Å². The van der Waals surface area contributed by atoms with Crippen LogP contribution in [0.15, 0.2) is 11.6 Å². The molecule has 2 fully saturated rings. The quantitative estimate of drug-likeness (QED) is 0.788. The van der Waals surface area contributed by atoms with Crippen LogP contribution in [0, 0.1) is 5.92 Å². The summed E-state index contributed by atoms with van der Waals surface area (Å²) in [5, 5.41) is 10.8. The molecule has 0 radical (unpaired) electrons. The minimum absolute atomic E-state index is 0.0930. The highest BCUT2D eigenvalue weighted by Gasteiger charge is 2.50. The Morgan fingerprint density at radius 2 is 1.84 bits per heavy atom. The van der Waals surface area contributed by atoms with E-state index in [1.165, 1.54) is 0 Å². The molecule has 3 rings (SSSR count). The lowest BCUT2D eigenvalue weighted by Crippen LogP contribution is -2.50. The van der Waals surface area contributed by atoms with Gasteiger partial charge in [0, 0.05) is 12.8 Å². The van der Waals surface area contributed by atoms with E-state index in [0.717, 1.165) is 18.4 Å². The predicted molar refractivity (Wildman–Crippen MR) is 69.5 cm³/mol. The first-order chi connectivity index (χ1) is 9.03. The van der Waals surface area contributed by atoms with Crippen LogP contribution in [0.2, 0.25) is 0 Å². The van der Waals surface area contributed by atoms with Crippen LogP contribution >= 0.6 is 0 Å². The van der Waals surface area contributed by atoms with Crippen molar-refractivity contribution in [2.24, 2.45) is 5.92 Å². The second kappa shape index (κ2) is 4.69. The summed E-state index contributed by atoms with van der Waals surface area (Å²) in [5.74, 6) is -0.624. The van der Waals surface area contributed by atoms with E-state index in [1.807, 2.05) is 6.92 Å². The SMILES string of the molecule is CC1=CC(=O)C(C2(O)CCC3(CC2)OCCO3)CC1. The Morgan fingerprint density at radius 1 is 1.21 bits per heavy atom. The van der Waals surface area contributed by atoms with E-state index >= 15 is 0 Å². The molecule has 19 heavy (non-hydrogen) atoms. The Labute approximate surface area is 113 Å². The standard InChI is InChI=1S/C15H22O4/c1-11-2-3-12(13(16)10-11)14(17)4-6-15(7-5-14)18-8-9-19-15/h10,12,17H,2-9H2,1H3. The van der Waals surface area contributed by atoms with E-state index in [-0.39, 0.29) is 11.7 Å². The first-order valence-corrected chi connectivity index (χ1v) is 7.24. The average molecular weight is 266 g/mol. The number of aliphatic hydroxyl groups is 1. The summed E-state index contributed by atoms with van der Waals surface area (Å²) in [4.78, 5) is 12.1. The maximum Gasteiger partial charge on any atom is 0.168 e. The first-order valence-electron chi connectivity index (χ1n) is 7.24. The lowest BCUT2D eigenvalue weighted by atomic mass is 9.68. The first kappa shape index (κ1) is 13.3. The van der Waals surface area contributed by atoms with Crippen molar-refractivity contribution in [2.45, 2.75) is 56.8 Å². The van der Waals surface area contributed by atoms with Crippen molar-refractivity contribution in [3.8, 4) is 0 Å². The fraction of sp³-hybridized carbons (Fsp3) is 0.800. The molecule has 2 aliphatic carbocycles. The number of hydrogen-bond donors (Lipinski definition) is 1. The minimum Gasteiger partial charge on any atom is -0.389 e. The zero-order chi connectivity index (χ0) is 13.5. The van der Waals surface area contributed by atoms with Crippen molar-refractivity contribution in [3.05, 3.63) is 11.6 Å². The number of rotatable bonds is 1. The van der Waals surface area contributed by atoms with Crippen LogP contribution in [-0.4, -0.2) is 35.5 Å². The van der Waals surface area contributed by atoms with Gasteiger partial charge in [-0.15, -0.1) is 0 Å². The normalized spacial score (nSPS) is 33.5. The number of ketones is 1. The molecule has 4 heteroatoms. The molecule has 0 aromatic carbocycles. The van der Waals surface area contributed by atoms with Crippen LogP contribution < -0.4 is 0 Å². The smallest absolute Gasteiger partial charge is 0.168 e. The highest BCUT2D eigenvalue weighted by molar-refractivity contribution is 5.94. The molecule has 3 aliphatic rings. The fourth-order valence-electron chi connectivity index (χ4n) is 3.66. The lowest BCUT2D eigenvalue weighted by Gasteiger charge is -2.44. The molecular weight excluding hydrogens is 244 g/mol. The number of hydrogen-bond acceptors (Lipinski definition) is 4. The van der Waals surface area contributed by atoms with Crippen molar-refractivity contribution < 1.29 is 19.4 Å². The van der Waals surface area contributed by atoms with Gasteiger partial charge in [-0.05, 0) is 38.7 Å². The summed E-state index contributed by atoms with van der Waals surface area (Å²) in [6.45, 7) is 3.26. The van der Waals surface area contributed by atoms with Crippen LogP contribution in [0.5, 0.6) is 0 Å². The molecule has 0 bridgehead atoms. The summed E-state index contributed by atoms with van der Waals surface area (Å²) in [6.07, 6.45) is 5.96.